The van der Waals surface area contributed by atoms with Gasteiger partial charge in [0.1, 0.15) is 4.83 Å². The number of fused-ring (bicyclic) bond motifs is 1. The van der Waals surface area contributed by atoms with E-state index in [1.807, 2.05) is 35.6 Å². The lowest BCUT2D eigenvalue weighted by Crippen LogP contribution is -1.92. The summed E-state index contributed by atoms with van der Waals surface area (Å²) in [7, 11) is 0. The number of nitrogens with zero attached hydrogens (tertiary/aromatic N) is 1. The van der Waals surface area contributed by atoms with E-state index in [-0.39, 0.29) is 0 Å². The molecule has 0 saturated carbocycles. The second-order valence-corrected chi connectivity index (χ2v) is 5.92. The van der Waals surface area contributed by atoms with Crippen molar-refractivity contribution in [2.75, 3.05) is 0 Å². The van der Waals surface area contributed by atoms with E-state index < -0.39 is 0 Å². The van der Waals surface area contributed by atoms with Crippen LogP contribution in [0.15, 0.2) is 40.2 Å². The van der Waals surface area contributed by atoms with Gasteiger partial charge in [-0.15, -0.1) is 11.3 Å². The topological polar surface area (TPSA) is 21.5 Å². The molecule has 0 spiro atoms. The smallest absolute Gasteiger partial charge is 0.167 e. The van der Waals surface area contributed by atoms with E-state index in [0.29, 0.717) is 0 Å². The summed E-state index contributed by atoms with van der Waals surface area (Å²) in [6.45, 7) is 2.02. The van der Waals surface area contributed by atoms with Crippen LogP contribution in [-0.4, -0.2) is 10.7 Å². The summed E-state index contributed by atoms with van der Waals surface area (Å²) in [5.41, 5.74) is 3.88. The van der Waals surface area contributed by atoms with Gasteiger partial charge in [0.15, 0.2) is 6.29 Å². The molecule has 0 radical (unpaired) electrons. The van der Waals surface area contributed by atoms with Gasteiger partial charge in [-0.05, 0) is 30.7 Å². The number of aryl methyl sites for hydroxylation is 1. The molecule has 0 atom stereocenters. The minimum atomic E-state index is 0.728. The Hall–Kier alpha value is -1.39. The van der Waals surface area contributed by atoms with Crippen LogP contribution >= 0.6 is 27.3 Å². The summed E-state index contributed by atoms with van der Waals surface area (Å²) in [6.07, 6.45) is 0.935. The van der Waals surface area contributed by atoms with Gasteiger partial charge in [0.25, 0.3) is 0 Å². The van der Waals surface area contributed by atoms with Crippen LogP contribution in [0.4, 0.5) is 0 Å². The number of carbonyl (C=O) groups excluding carboxylic acids is 1. The van der Waals surface area contributed by atoms with Gasteiger partial charge in [-0.3, -0.25) is 4.79 Å². The van der Waals surface area contributed by atoms with Crippen molar-refractivity contribution in [1.29, 1.82) is 0 Å². The first-order valence-electron chi connectivity index (χ1n) is 5.51. The highest BCUT2D eigenvalue weighted by Gasteiger charge is 2.13. The van der Waals surface area contributed by atoms with E-state index in [4.69, 9.17) is 0 Å². The highest BCUT2D eigenvalue weighted by Crippen LogP contribution is 2.31. The molecule has 0 aliphatic rings. The first-order chi connectivity index (χ1) is 8.70. The normalized spacial score (nSPS) is 11.0. The Bertz CT molecular complexity index is 724. The van der Waals surface area contributed by atoms with Crippen LogP contribution < -0.4 is 0 Å². The number of halogens is 1. The maximum absolute atomic E-state index is 11.4. The third-order valence-electron chi connectivity index (χ3n) is 2.97. The van der Waals surface area contributed by atoms with Gasteiger partial charge >= 0.3 is 0 Å². The summed E-state index contributed by atoms with van der Waals surface area (Å²) < 4.78 is 3.05. The molecule has 2 nitrogen and oxygen atoms in total. The summed E-state index contributed by atoms with van der Waals surface area (Å²) in [5.74, 6) is 0. The number of hydrogen-bond donors (Lipinski definition) is 0. The molecule has 0 saturated heterocycles. The molecule has 3 aromatic rings. The third-order valence-corrected chi connectivity index (χ3v) is 4.50. The van der Waals surface area contributed by atoms with Crippen LogP contribution in [0.3, 0.4) is 0 Å². The molecular weight excluding hydrogens is 310 g/mol. The number of aldehydes is 1. The maximum atomic E-state index is 11.4. The van der Waals surface area contributed by atoms with Crippen LogP contribution in [-0.2, 0) is 0 Å². The van der Waals surface area contributed by atoms with Crippen molar-refractivity contribution < 1.29 is 4.79 Å². The molecule has 2 aromatic heterocycles. The third kappa shape index (κ3) is 1.72. The van der Waals surface area contributed by atoms with Gasteiger partial charge in [0, 0.05) is 21.1 Å². The second kappa shape index (κ2) is 4.37. The van der Waals surface area contributed by atoms with Gasteiger partial charge in [-0.25, -0.2) is 0 Å². The Morgan fingerprint density at radius 3 is 2.67 bits per heavy atom. The van der Waals surface area contributed by atoms with E-state index in [0.717, 1.165) is 38.1 Å². The predicted molar refractivity (Wildman–Crippen MR) is 78.5 cm³/mol. The Morgan fingerprint density at radius 1 is 1.28 bits per heavy atom. The lowest BCUT2D eigenvalue weighted by Gasteiger charge is -2.01. The Balaban J connectivity index is 2.28. The van der Waals surface area contributed by atoms with Crippen molar-refractivity contribution >= 4 is 38.4 Å². The quantitative estimate of drug-likeness (QED) is 0.635. The lowest BCUT2D eigenvalue weighted by atomic mass is 10.1. The SMILES string of the molecule is Cc1csc2cc(-c3ccc(Br)cc3)c(C=O)n12. The van der Waals surface area contributed by atoms with Crippen LogP contribution in [0.2, 0.25) is 0 Å². The first-order valence-corrected chi connectivity index (χ1v) is 7.18. The zero-order chi connectivity index (χ0) is 12.7. The van der Waals surface area contributed by atoms with Crippen LogP contribution in [0.1, 0.15) is 16.2 Å². The Labute approximate surface area is 117 Å². The van der Waals surface area contributed by atoms with E-state index >= 15 is 0 Å². The summed E-state index contributed by atoms with van der Waals surface area (Å²) in [6, 6.07) is 10.1. The molecule has 0 bridgehead atoms. The van der Waals surface area contributed by atoms with E-state index in [9.17, 15) is 4.79 Å². The molecule has 0 fully saturated rings. The molecule has 90 valence electrons. The van der Waals surface area contributed by atoms with E-state index in [1.54, 1.807) is 11.3 Å². The number of hydrogen-bond acceptors (Lipinski definition) is 2. The fraction of sp³-hybridized carbons (Fsp3) is 0.0714. The molecule has 2 heterocycles. The van der Waals surface area contributed by atoms with Gasteiger partial charge in [-0.2, -0.15) is 0 Å². The monoisotopic (exact) mass is 319 g/mol. The Kier molecular flexibility index (Phi) is 2.84. The zero-order valence-electron chi connectivity index (χ0n) is 9.68. The molecule has 0 amide bonds. The fourth-order valence-electron chi connectivity index (χ4n) is 2.13. The maximum Gasteiger partial charge on any atom is 0.167 e. The second-order valence-electron chi connectivity index (χ2n) is 4.12. The van der Waals surface area contributed by atoms with Gasteiger partial charge in [-0.1, -0.05) is 28.1 Å². The van der Waals surface area contributed by atoms with Gasteiger partial charge in [0.2, 0.25) is 0 Å². The van der Waals surface area contributed by atoms with E-state index in [2.05, 4.69) is 27.4 Å². The molecular formula is C14H10BrNOS. The van der Waals surface area contributed by atoms with Crippen molar-refractivity contribution in [1.82, 2.24) is 4.40 Å². The van der Waals surface area contributed by atoms with Crippen LogP contribution in [0, 0.1) is 6.92 Å². The zero-order valence-corrected chi connectivity index (χ0v) is 12.1. The summed E-state index contributed by atoms with van der Waals surface area (Å²) >= 11 is 5.08. The van der Waals surface area contributed by atoms with Crippen molar-refractivity contribution in [3.63, 3.8) is 0 Å². The van der Waals surface area contributed by atoms with Gasteiger partial charge < -0.3 is 4.40 Å². The van der Waals surface area contributed by atoms with Gasteiger partial charge in [0.05, 0.1) is 5.69 Å². The Morgan fingerprint density at radius 2 is 2.00 bits per heavy atom. The van der Waals surface area contributed by atoms with Crippen molar-refractivity contribution in [2.45, 2.75) is 6.92 Å². The first kappa shape index (κ1) is 11.7. The summed E-state index contributed by atoms with van der Waals surface area (Å²) in [5, 5.41) is 2.06. The number of aromatic nitrogens is 1. The average molecular weight is 320 g/mol. The molecule has 1 aromatic carbocycles. The molecule has 4 heteroatoms. The minimum absolute atomic E-state index is 0.728. The number of thiazole rings is 1. The molecule has 18 heavy (non-hydrogen) atoms. The van der Waals surface area contributed by atoms with Crippen molar-refractivity contribution in [3.05, 3.63) is 51.6 Å². The van der Waals surface area contributed by atoms with E-state index in [1.165, 1.54) is 0 Å². The standard InChI is InChI=1S/C14H10BrNOS/c1-9-8-18-14-6-12(13(7-17)16(9)14)10-2-4-11(15)5-3-10/h2-8H,1H3. The highest BCUT2D eigenvalue weighted by molar-refractivity contribution is 9.10. The van der Waals surface area contributed by atoms with Crippen LogP contribution in [0.25, 0.3) is 16.0 Å². The molecule has 0 aliphatic carbocycles. The minimum Gasteiger partial charge on any atom is -0.301 e. The average Bonchev–Trinajstić information content (AvgIpc) is 2.91. The van der Waals surface area contributed by atoms with Crippen molar-refractivity contribution in [2.24, 2.45) is 0 Å². The van der Waals surface area contributed by atoms with Crippen molar-refractivity contribution in [3.8, 4) is 11.1 Å². The molecule has 0 unspecified atom stereocenters. The number of rotatable bonds is 2. The molecule has 3 rings (SSSR count). The lowest BCUT2D eigenvalue weighted by molar-refractivity contribution is 0.111. The largest absolute Gasteiger partial charge is 0.301 e. The number of carbonyl (C=O) groups is 1. The van der Waals surface area contributed by atoms with Crippen LogP contribution in [0.5, 0.6) is 0 Å². The fourth-order valence-corrected chi connectivity index (χ4v) is 3.32. The predicted octanol–water partition coefficient (Wildman–Crippen LogP) is 4.55. The highest BCUT2D eigenvalue weighted by atomic mass is 79.9. The molecule has 0 aliphatic heterocycles. The molecule has 0 N–H and O–H groups in total. The summed E-state index contributed by atoms with van der Waals surface area (Å²) in [4.78, 5) is 12.5. The number of benzene rings is 1.